The largest absolute Gasteiger partial charge is 0.437 e. The molecule has 24 heavy (non-hydrogen) atoms. The molecule has 0 aromatic rings. The van der Waals surface area contributed by atoms with E-state index >= 15 is 0 Å². The minimum absolute atomic E-state index is 0.164. The van der Waals surface area contributed by atoms with Crippen LogP contribution in [0.1, 0.15) is 26.2 Å². The van der Waals surface area contributed by atoms with Crippen molar-refractivity contribution in [1.29, 1.82) is 0 Å². The minimum Gasteiger partial charge on any atom is -0.437 e. The van der Waals surface area contributed by atoms with Crippen LogP contribution in [-0.4, -0.2) is 60.8 Å². The zero-order chi connectivity index (χ0) is 19.1. The molecule has 5 nitrogen and oxygen atoms in total. The SMILES string of the molecule is CC(CO)(CO)OCCCCC[Si](C)(O[Si](C)(C)C)O[Si](C)(C)C. The second kappa shape index (κ2) is 9.96. The van der Waals surface area contributed by atoms with Crippen molar-refractivity contribution >= 4 is 25.2 Å². The van der Waals surface area contributed by atoms with Gasteiger partial charge in [0, 0.05) is 6.61 Å². The maximum atomic E-state index is 9.21. The van der Waals surface area contributed by atoms with Crippen LogP contribution in [-0.2, 0) is 13.0 Å². The first-order chi connectivity index (χ1) is 10.7. The lowest BCUT2D eigenvalue weighted by atomic mass is 10.1. The third-order valence-electron chi connectivity index (χ3n) is 3.44. The molecule has 146 valence electrons. The van der Waals surface area contributed by atoms with Gasteiger partial charge in [-0.3, -0.25) is 0 Å². The van der Waals surface area contributed by atoms with E-state index in [0.29, 0.717) is 6.61 Å². The highest BCUT2D eigenvalue weighted by atomic mass is 28.5. The van der Waals surface area contributed by atoms with Crippen molar-refractivity contribution in [3.05, 3.63) is 0 Å². The zero-order valence-corrected chi connectivity index (χ0v) is 20.1. The van der Waals surface area contributed by atoms with Gasteiger partial charge in [0.1, 0.15) is 5.60 Å². The van der Waals surface area contributed by atoms with Crippen molar-refractivity contribution in [1.82, 2.24) is 0 Å². The molecule has 0 spiro atoms. The van der Waals surface area contributed by atoms with E-state index in [2.05, 4.69) is 45.8 Å². The Morgan fingerprint density at radius 3 is 1.58 bits per heavy atom. The predicted octanol–water partition coefficient (Wildman–Crippen LogP) is 3.69. The molecule has 0 aliphatic rings. The normalized spacial score (nSPS) is 14.2. The molecule has 8 heteroatoms. The molecule has 0 saturated carbocycles. The number of hydrogen-bond donors (Lipinski definition) is 2. The number of aliphatic hydroxyl groups is 2. The monoisotopic (exact) mass is 396 g/mol. The van der Waals surface area contributed by atoms with Gasteiger partial charge >= 0.3 is 8.56 Å². The minimum atomic E-state index is -2.13. The van der Waals surface area contributed by atoms with Gasteiger partial charge < -0.3 is 23.2 Å². The summed E-state index contributed by atoms with van der Waals surface area (Å²) in [7, 11) is -5.38. The van der Waals surface area contributed by atoms with Gasteiger partial charge in [-0.25, -0.2) is 0 Å². The van der Waals surface area contributed by atoms with E-state index in [9.17, 15) is 10.2 Å². The molecule has 0 aromatic heterocycles. The number of rotatable bonds is 13. The first-order valence-electron chi connectivity index (χ1n) is 9.00. The lowest BCUT2D eigenvalue weighted by molar-refractivity contribution is -0.0966. The molecular weight excluding hydrogens is 356 g/mol. The van der Waals surface area contributed by atoms with Crippen LogP contribution in [0.2, 0.25) is 51.9 Å². The molecule has 0 aliphatic heterocycles. The van der Waals surface area contributed by atoms with Gasteiger partial charge in [0.05, 0.1) is 13.2 Å². The number of aliphatic hydroxyl groups excluding tert-OH is 2. The van der Waals surface area contributed by atoms with Crippen LogP contribution in [0.4, 0.5) is 0 Å². The van der Waals surface area contributed by atoms with Crippen LogP contribution < -0.4 is 0 Å². The maximum absolute atomic E-state index is 9.21. The molecule has 0 aliphatic carbocycles. The van der Waals surface area contributed by atoms with Crippen LogP contribution in [0.15, 0.2) is 0 Å². The van der Waals surface area contributed by atoms with Crippen molar-refractivity contribution in [3.8, 4) is 0 Å². The molecule has 2 N–H and O–H groups in total. The molecule has 0 aromatic carbocycles. The standard InChI is InChI=1S/C16H40O5Si3/c1-16(14-17,15-18)19-12-10-9-11-13-24(8,20-22(2,3)4)21-23(5,6)7/h17-18H,9-15H2,1-8H3. The third-order valence-corrected chi connectivity index (χ3v) is 13.1. The van der Waals surface area contributed by atoms with Crippen molar-refractivity contribution in [2.75, 3.05) is 19.8 Å². The Balaban J connectivity index is 4.34. The Morgan fingerprint density at radius 1 is 0.750 bits per heavy atom. The van der Waals surface area contributed by atoms with Gasteiger partial charge in [-0.15, -0.1) is 0 Å². The first kappa shape index (κ1) is 24.5. The number of hydrogen-bond acceptors (Lipinski definition) is 5. The summed E-state index contributed by atoms with van der Waals surface area (Å²) in [4.78, 5) is 0. The first-order valence-corrected chi connectivity index (χ1v) is 18.3. The second-order valence-corrected chi connectivity index (χ2v) is 21.8. The van der Waals surface area contributed by atoms with E-state index in [-0.39, 0.29) is 13.2 Å². The fourth-order valence-corrected chi connectivity index (χ4v) is 15.2. The van der Waals surface area contributed by atoms with Crippen molar-refractivity contribution in [2.45, 2.75) is 83.7 Å². The van der Waals surface area contributed by atoms with Gasteiger partial charge in [0.25, 0.3) is 0 Å². The Labute approximate surface area is 152 Å². The van der Waals surface area contributed by atoms with E-state index in [4.69, 9.17) is 13.0 Å². The van der Waals surface area contributed by atoms with Crippen LogP contribution >= 0.6 is 0 Å². The van der Waals surface area contributed by atoms with Crippen LogP contribution in [0, 0.1) is 0 Å². The summed E-state index contributed by atoms with van der Waals surface area (Å²) in [5, 5.41) is 18.4. The van der Waals surface area contributed by atoms with E-state index in [0.717, 1.165) is 25.3 Å². The molecule has 0 amide bonds. The summed E-state index contributed by atoms with van der Waals surface area (Å²) in [6.45, 7) is 17.5. The zero-order valence-electron chi connectivity index (χ0n) is 17.1. The number of unbranched alkanes of at least 4 members (excludes halogenated alkanes) is 2. The Morgan fingerprint density at radius 2 is 1.21 bits per heavy atom. The van der Waals surface area contributed by atoms with E-state index in [1.54, 1.807) is 6.92 Å². The summed E-state index contributed by atoms with van der Waals surface area (Å²) in [5.41, 5.74) is -0.828. The average Bonchev–Trinajstić information content (AvgIpc) is 2.38. The van der Waals surface area contributed by atoms with Crippen molar-refractivity contribution < 1.29 is 23.2 Å². The van der Waals surface area contributed by atoms with Gasteiger partial charge in [-0.1, -0.05) is 12.8 Å². The molecule has 0 saturated heterocycles. The molecule has 0 bridgehead atoms. The summed E-state index contributed by atoms with van der Waals surface area (Å²) < 4.78 is 18.6. The van der Waals surface area contributed by atoms with Gasteiger partial charge in [-0.2, -0.15) is 0 Å². The van der Waals surface area contributed by atoms with Crippen molar-refractivity contribution in [2.24, 2.45) is 0 Å². The highest BCUT2D eigenvalue weighted by Gasteiger charge is 2.39. The quantitative estimate of drug-likeness (QED) is 0.367. The highest BCUT2D eigenvalue weighted by molar-refractivity contribution is 6.87. The molecule has 0 radical (unpaired) electrons. The fourth-order valence-electron chi connectivity index (χ4n) is 2.60. The topological polar surface area (TPSA) is 68.2 Å². The molecule has 0 atom stereocenters. The summed E-state index contributed by atoms with van der Waals surface area (Å²) in [6, 6.07) is 1.01. The van der Waals surface area contributed by atoms with E-state index < -0.39 is 30.8 Å². The molecule has 0 unspecified atom stereocenters. The van der Waals surface area contributed by atoms with Crippen molar-refractivity contribution in [3.63, 3.8) is 0 Å². The van der Waals surface area contributed by atoms with E-state index in [1.165, 1.54) is 0 Å². The van der Waals surface area contributed by atoms with Crippen LogP contribution in [0.25, 0.3) is 0 Å². The van der Waals surface area contributed by atoms with E-state index in [1.807, 2.05) is 0 Å². The van der Waals surface area contributed by atoms with Gasteiger partial charge in [-0.05, 0) is 65.2 Å². The van der Waals surface area contributed by atoms with Gasteiger partial charge in [0.2, 0.25) is 0 Å². The van der Waals surface area contributed by atoms with Gasteiger partial charge in [0.15, 0.2) is 16.6 Å². The summed E-state index contributed by atoms with van der Waals surface area (Å²) >= 11 is 0. The summed E-state index contributed by atoms with van der Waals surface area (Å²) in [6.07, 6.45) is 3.02. The number of ether oxygens (including phenoxy) is 1. The fraction of sp³-hybridized carbons (Fsp3) is 1.00. The molecule has 0 fully saturated rings. The smallest absolute Gasteiger partial charge is 0.314 e. The highest BCUT2D eigenvalue weighted by Crippen LogP contribution is 2.26. The Kier molecular flexibility index (Phi) is 10.1. The molecule has 0 heterocycles. The van der Waals surface area contributed by atoms with Crippen LogP contribution in [0.5, 0.6) is 0 Å². The second-order valence-electron chi connectivity index (χ2n) is 8.99. The Bertz CT molecular complexity index is 333. The lowest BCUT2D eigenvalue weighted by Crippen LogP contribution is -2.52. The predicted molar refractivity (Wildman–Crippen MR) is 108 cm³/mol. The Hall–Kier alpha value is 0.451. The average molecular weight is 397 g/mol. The molecular formula is C16H40O5Si3. The maximum Gasteiger partial charge on any atom is 0.314 e. The third kappa shape index (κ3) is 11.9. The van der Waals surface area contributed by atoms with Crippen LogP contribution in [0.3, 0.4) is 0 Å². The lowest BCUT2D eigenvalue weighted by Gasteiger charge is -2.38. The summed E-state index contributed by atoms with van der Waals surface area (Å²) in [5.74, 6) is 0. The molecule has 0 rings (SSSR count).